The van der Waals surface area contributed by atoms with Crippen molar-refractivity contribution in [3.8, 4) is 0 Å². The summed E-state index contributed by atoms with van der Waals surface area (Å²) in [5, 5.41) is 11.2. The van der Waals surface area contributed by atoms with Crippen LogP contribution in [0.5, 0.6) is 0 Å². The maximum absolute atomic E-state index is 5.87. The van der Waals surface area contributed by atoms with Crippen molar-refractivity contribution in [2.45, 2.75) is 43.2 Å². The molecule has 0 amide bonds. The van der Waals surface area contributed by atoms with Crippen LogP contribution in [0.3, 0.4) is 0 Å². The Morgan fingerprint density at radius 1 is 1.15 bits per heavy atom. The number of fused-ring (bicyclic) bond motifs is 1. The van der Waals surface area contributed by atoms with Crippen LogP contribution in [0.4, 0.5) is 0 Å². The molecule has 5 nitrogen and oxygen atoms in total. The minimum Gasteiger partial charge on any atom is -0.367 e. The molecule has 2 aliphatic heterocycles. The molecular weight excluding hydrogens is 535 g/mol. The van der Waals surface area contributed by atoms with E-state index in [1.54, 1.807) is 0 Å². The molecule has 34 heavy (non-hydrogen) atoms. The van der Waals surface area contributed by atoms with Crippen molar-refractivity contribution in [2.75, 3.05) is 20.6 Å². The normalized spacial score (nSPS) is 26.6. The standard InChI is InChI=1S/C28H33IN4O/c1-17-5-10-22(18(2)11-26(17)29)25-15-32-34-27(25)24-14-31-28-23(24)12-21(13-30-28)20-8-6-19(7-9-20)16-33(3)4/h5,8,10-15,19,26,28,30-31H,6-7,9,16H2,1-4H3/t19-,26?,28?/m0/s1. The van der Waals surface area contributed by atoms with Gasteiger partial charge in [0.2, 0.25) is 0 Å². The van der Waals surface area contributed by atoms with E-state index in [4.69, 9.17) is 4.52 Å². The van der Waals surface area contributed by atoms with E-state index in [0.717, 1.165) is 42.2 Å². The van der Waals surface area contributed by atoms with E-state index in [0.29, 0.717) is 3.92 Å². The van der Waals surface area contributed by atoms with Crippen LogP contribution in [0.2, 0.25) is 0 Å². The number of aromatic nitrogens is 1. The fourth-order valence-corrected chi connectivity index (χ4v) is 5.95. The van der Waals surface area contributed by atoms with Crippen LogP contribution in [-0.2, 0) is 0 Å². The third kappa shape index (κ3) is 4.62. The second-order valence-corrected chi connectivity index (χ2v) is 11.3. The van der Waals surface area contributed by atoms with Crippen molar-refractivity contribution < 1.29 is 4.52 Å². The summed E-state index contributed by atoms with van der Waals surface area (Å²) < 4.78 is 6.26. The van der Waals surface area contributed by atoms with E-state index >= 15 is 0 Å². The predicted molar refractivity (Wildman–Crippen MR) is 148 cm³/mol. The summed E-state index contributed by atoms with van der Waals surface area (Å²) in [6.07, 6.45) is 21.1. The van der Waals surface area contributed by atoms with Gasteiger partial charge in [-0.1, -0.05) is 57.6 Å². The first-order valence-corrected chi connectivity index (χ1v) is 13.3. The molecule has 1 aromatic heterocycles. The van der Waals surface area contributed by atoms with Gasteiger partial charge in [0.15, 0.2) is 5.76 Å². The molecule has 0 aromatic carbocycles. The molecule has 6 heteroatoms. The highest BCUT2D eigenvalue weighted by atomic mass is 127. The van der Waals surface area contributed by atoms with Gasteiger partial charge in [0.05, 0.1) is 10.1 Å². The summed E-state index contributed by atoms with van der Waals surface area (Å²) in [7, 11) is 4.33. The first kappa shape index (κ1) is 23.4. The Hall–Kier alpha value is -2.32. The van der Waals surface area contributed by atoms with Crippen LogP contribution in [-0.4, -0.2) is 40.8 Å². The zero-order valence-electron chi connectivity index (χ0n) is 20.4. The molecule has 0 saturated carbocycles. The number of halogens is 1. The molecule has 0 spiro atoms. The smallest absolute Gasteiger partial charge is 0.176 e. The van der Waals surface area contributed by atoms with Crippen LogP contribution < -0.4 is 10.6 Å². The number of nitrogens with one attached hydrogen (secondary N) is 2. The van der Waals surface area contributed by atoms with Gasteiger partial charge in [-0.05, 0) is 81.5 Å². The SMILES string of the molecule is CC1=CC(I)C(C)=CC=C1c1cnoc1C1=CNC2NC=C(C3=CC[C@H](CN(C)C)CC3)C=C12. The van der Waals surface area contributed by atoms with Crippen molar-refractivity contribution in [1.29, 1.82) is 0 Å². The van der Waals surface area contributed by atoms with E-state index in [2.05, 4.69) is 114 Å². The lowest BCUT2D eigenvalue weighted by molar-refractivity contribution is 0.307. The molecule has 0 fully saturated rings. The minimum atomic E-state index is 0.0583. The topological polar surface area (TPSA) is 53.3 Å². The molecule has 0 bridgehead atoms. The lowest BCUT2D eigenvalue weighted by Gasteiger charge is -2.27. The molecule has 3 atom stereocenters. The van der Waals surface area contributed by atoms with Gasteiger partial charge in [-0.25, -0.2) is 0 Å². The van der Waals surface area contributed by atoms with Gasteiger partial charge in [-0.2, -0.15) is 0 Å². The van der Waals surface area contributed by atoms with Crippen molar-refractivity contribution in [1.82, 2.24) is 20.7 Å². The van der Waals surface area contributed by atoms with E-state index < -0.39 is 0 Å². The highest BCUT2D eigenvalue weighted by molar-refractivity contribution is 14.1. The van der Waals surface area contributed by atoms with Gasteiger partial charge in [0.1, 0.15) is 6.17 Å². The van der Waals surface area contributed by atoms with Crippen molar-refractivity contribution in [2.24, 2.45) is 5.92 Å². The molecule has 0 saturated heterocycles. The van der Waals surface area contributed by atoms with Gasteiger partial charge in [-0.15, -0.1) is 0 Å². The quantitative estimate of drug-likeness (QED) is 0.351. The Kier molecular flexibility index (Phi) is 6.71. The summed E-state index contributed by atoms with van der Waals surface area (Å²) in [6, 6.07) is 0. The third-order valence-electron chi connectivity index (χ3n) is 7.12. The molecule has 178 valence electrons. The maximum Gasteiger partial charge on any atom is 0.176 e. The largest absolute Gasteiger partial charge is 0.367 e. The highest BCUT2D eigenvalue weighted by Crippen LogP contribution is 2.40. The second-order valence-electron chi connectivity index (χ2n) is 9.97. The van der Waals surface area contributed by atoms with Crippen LogP contribution >= 0.6 is 22.6 Å². The van der Waals surface area contributed by atoms with Crippen molar-refractivity contribution >= 4 is 33.7 Å². The summed E-state index contributed by atoms with van der Waals surface area (Å²) in [6.45, 7) is 5.51. The second kappa shape index (κ2) is 9.74. The maximum atomic E-state index is 5.87. The molecule has 4 aliphatic rings. The average Bonchev–Trinajstić information content (AvgIpc) is 3.42. The lowest BCUT2D eigenvalue weighted by Crippen LogP contribution is -2.36. The minimum absolute atomic E-state index is 0.0583. The zero-order chi connectivity index (χ0) is 23.8. The molecule has 2 unspecified atom stereocenters. The Balaban J connectivity index is 1.42. The Labute approximate surface area is 216 Å². The summed E-state index contributed by atoms with van der Waals surface area (Å²) in [5.41, 5.74) is 9.80. The van der Waals surface area contributed by atoms with Crippen molar-refractivity contribution in [3.05, 3.63) is 88.2 Å². The molecule has 0 radical (unpaired) electrons. The molecular formula is C28H33IN4O. The Morgan fingerprint density at radius 3 is 2.74 bits per heavy atom. The van der Waals surface area contributed by atoms with Gasteiger partial charge < -0.3 is 20.1 Å². The van der Waals surface area contributed by atoms with Gasteiger partial charge in [0.25, 0.3) is 0 Å². The number of allylic oxidation sites excluding steroid dienone is 10. The fourth-order valence-electron chi connectivity index (χ4n) is 5.20. The average molecular weight is 569 g/mol. The summed E-state index contributed by atoms with van der Waals surface area (Å²) >= 11 is 2.48. The zero-order valence-corrected chi connectivity index (χ0v) is 22.5. The highest BCUT2D eigenvalue weighted by Gasteiger charge is 2.31. The molecule has 2 N–H and O–H groups in total. The summed E-state index contributed by atoms with van der Waals surface area (Å²) in [4.78, 5) is 2.30. The van der Waals surface area contributed by atoms with E-state index in [-0.39, 0.29) is 6.17 Å². The Morgan fingerprint density at radius 2 is 1.97 bits per heavy atom. The van der Waals surface area contributed by atoms with Crippen molar-refractivity contribution in [3.63, 3.8) is 0 Å². The van der Waals surface area contributed by atoms with Gasteiger partial charge in [0, 0.05) is 35.7 Å². The van der Waals surface area contributed by atoms with E-state index in [9.17, 15) is 0 Å². The molecule has 1 aromatic rings. The third-order valence-corrected chi connectivity index (χ3v) is 8.46. The monoisotopic (exact) mass is 568 g/mol. The number of hydrogen-bond acceptors (Lipinski definition) is 5. The number of alkyl halides is 1. The summed E-state index contributed by atoms with van der Waals surface area (Å²) in [5.74, 6) is 1.57. The number of dihydropyridines is 1. The predicted octanol–water partition coefficient (Wildman–Crippen LogP) is 5.74. The number of nitrogens with zero attached hydrogens (tertiary/aromatic N) is 2. The van der Waals surface area contributed by atoms with Crippen LogP contribution in [0.1, 0.15) is 44.4 Å². The number of hydrogen-bond donors (Lipinski definition) is 2. The molecule has 5 rings (SSSR count). The van der Waals surface area contributed by atoms with Gasteiger partial charge in [-0.3, -0.25) is 0 Å². The lowest BCUT2D eigenvalue weighted by atomic mass is 9.84. The number of rotatable bonds is 5. The van der Waals surface area contributed by atoms with Crippen LogP contribution in [0.15, 0.2) is 81.4 Å². The van der Waals surface area contributed by atoms with Crippen LogP contribution in [0, 0.1) is 5.92 Å². The van der Waals surface area contributed by atoms with Crippen LogP contribution in [0.25, 0.3) is 11.1 Å². The van der Waals surface area contributed by atoms with Gasteiger partial charge >= 0.3 is 0 Å². The molecule has 2 aliphatic carbocycles. The first-order valence-electron chi connectivity index (χ1n) is 12.1. The molecule has 3 heterocycles. The van der Waals surface area contributed by atoms with E-state index in [1.807, 2.05) is 6.20 Å². The Bertz CT molecular complexity index is 1190. The van der Waals surface area contributed by atoms with E-state index in [1.165, 1.54) is 39.9 Å². The first-order chi connectivity index (χ1) is 16.4. The fraction of sp³-hybridized carbons (Fsp3) is 0.393.